The topological polar surface area (TPSA) is 82.9 Å². The Kier molecular flexibility index (Phi) is 18.0. The summed E-state index contributed by atoms with van der Waals surface area (Å²) in [6.07, 6.45) is 13.2. The molecule has 0 spiro atoms. The number of rotatable bonds is 13. The molecule has 1 aromatic carbocycles. The molecule has 2 bridgehead atoms. The molecule has 3 unspecified atom stereocenters. The van der Waals surface area contributed by atoms with Gasteiger partial charge >= 0.3 is 6.09 Å². The second-order valence-electron chi connectivity index (χ2n) is 11.4. The maximum absolute atomic E-state index is 11.8. The fourth-order valence-corrected chi connectivity index (χ4v) is 5.60. The molecule has 0 aromatic heterocycles. The van der Waals surface area contributed by atoms with Crippen LogP contribution in [-0.4, -0.2) is 92.6 Å². The molecule has 8 nitrogen and oxygen atoms in total. The average molecular weight is 613 g/mol. The van der Waals surface area contributed by atoms with Crippen LogP contribution in [-0.2, 0) is 11.3 Å². The molecular formula is C30H56BrN6O2+. The number of nitrogens with one attached hydrogen (secondary N) is 2. The van der Waals surface area contributed by atoms with Crippen LogP contribution in [0.15, 0.2) is 30.3 Å². The number of alkyl carbamates (subject to hydrolysis) is 1. The zero-order valence-electron chi connectivity index (χ0n) is 24.3. The highest BCUT2D eigenvalue weighted by atomic mass is 79.9. The molecule has 2 aliphatic rings. The van der Waals surface area contributed by atoms with Gasteiger partial charge in [0.05, 0.1) is 26.3 Å². The maximum Gasteiger partial charge on any atom is 0.407 e. The third kappa shape index (κ3) is 15.4. The van der Waals surface area contributed by atoms with E-state index >= 15 is 0 Å². The lowest BCUT2D eigenvalue weighted by Crippen LogP contribution is -2.59. The van der Waals surface area contributed by atoms with Crippen molar-refractivity contribution in [3.8, 4) is 0 Å². The molecule has 2 heterocycles. The predicted octanol–water partition coefficient (Wildman–Crippen LogP) is 4.65. The van der Waals surface area contributed by atoms with Crippen molar-refractivity contribution in [2.24, 2.45) is 5.84 Å². The minimum atomic E-state index is -0.323. The van der Waals surface area contributed by atoms with Crippen molar-refractivity contribution in [3.05, 3.63) is 35.9 Å². The third-order valence-corrected chi connectivity index (χ3v) is 8.03. The largest absolute Gasteiger partial charge is 0.445 e. The van der Waals surface area contributed by atoms with Gasteiger partial charge in [0.25, 0.3) is 0 Å². The lowest BCUT2D eigenvalue weighted by molar-refractivity contribution is -0.939. The number of fused-ring (bicyclic) bond motifs is 2. The van der Waals surface area contributed by atoms with Gasteiger partial charge in [-0.3, -0.25) is 9.80 Å². The van der Waals surface area contributed by atoms with E-state index in [0.717, 1.165) is 68.9 Å². The van der Waals surface area contributed by atoms with Crippen molar-refractivity contribution in [2.75, 3.05) is 72.1 Å². The van der Waals surface area contributed by atoms with E-state index in [9.17, 15) is 4.79 Å². The van der Waals surface area contributed by atoms with Crippen LogP contribution in [0.3, 0.4) is 0 Å². The van der Waals surface area contributed by atoms with Crippen molar-refractivity contribution in [1.29, 1.82) is 0 Å². The Balaban J connectivity index is 0.00000533. The van der Waals surface area contributed by atoms with Crippen LogP contribution in [0, 0.1) is 0 Å². The van der Waals surface area contributed by atoms with E-state index in [1.807, 2.05) is 30.3 Å². The Morgan fingerprint density at radius 1 is 0.846 bits per heavy atom. The number of unbranched alkanes of at least 4 members (excludes halogenated alkanes) is 7. The molecule has 0 radical (unpaired) electrons. The van der Waals surface area contributed by atoms with E-state index in [1.165, 1.54) is 77.4 Å². The standard InChI is InChI=1S/C30H54N6O2.BrH/c31-36(25-13-11-17-32-19-22-34-20-14-21-35(28-34)23-26-36)24-12-6-4-2-1-3-5-10-18-33-30(37)38-27-29-15-8-7-9-16-29;/h7-9,15-16,32H,1-6,10-14,17-28,31H2;1H/p+1. The molecule has 39 heavy (non-hydrogen) atoms. The molecule has 1 amide bonds. The molecular weight excluding hydrogens is 556 g/mol. The molecule has 3 rings (SSSR count). The Hall–Kier alpha value is -1.23. The second kappa shape index (κ2) is 20.6. The summed E-state index contributed by atoms with van der Waals surface area (Å²) in [5.41, 5.74) is 1.01. The summed E-state index contributed by atoms with van der Waals surface area (Å²) in [4.78, 5) is 17.0. The highest BCUT2D eigenvalue weighted by molar-refractivity contribution is 8.93. The molecule has 224 valence electrons. The fraction of sp³-hybridized carbons (Fsp3) is 0.767. The van der Waals surface area contributed by atoms with Gasteiger partial charge in [-0.2, -0.15) is 5.84 Å². The van der Waals surface area contributed by atoms with E-state index in [4.69, 9.17) is 10.6 Å². The number of nitrogens with two attached hydrogens (primary N) is 1. The third-order valence-electron chi connectivity index (χ3n) is 8.03. The molecule has 2 saturated heterocycles. The number of nitrogens with zero attached hydrogens (tertiary/aromatic N) is 3. The lowest BCUT2D eigenvalue weighted by atomic mass is 10.1. The van der Waals surface area contributed by atoms with Crippen LogP contribution in [0.1, 0.15) is 76.2 Å². The quantitative estimate of drug-likeness (QED) is 0.171. The van der Waals surface area contributed by atoms with Gasteiger partial charge in [0.1, 0.15) is 13.2 Å². The number of benzene rings is 1. The van der Waals surface area contributed by atoms with Crippen molar-refractivity contribution >= 4 is 23.1 Å². The summed E-state index contributed by atoms with van der Waals surface area (Å²) in [7, 11) is 0. The molecule has 0 saturated carbocycles. The first-order chi connectivity index (χ1) is 18.6. The highest BCUT2D eigenvalue weighted by Gasteiger charge is 2.25. The number of carbonyl (C=O) groups is 1. The van der Waals surface area contributed by atoms with Crippen molar-refractivity contribution in [1.82, 2.24) is 20.4 Å². The Labute approximate surface area is 248 Å². The fourth-order valence-electron chi connectivity index (χ4n) is 5.60. The molecule has 1 aromatic rings. The number of quaternary nitrogens is 1. The Bertz CT molecular complexity index is 758. The number of carbonyl (C=O) groups excluding carboxylic acids is 1. The first-order valence-corrected chi connectivity index (χ1v) is 15.4. The lowest BCUT2D eigenvalue weighted by Gasteiger charge is -2.38. The molecule has 4 N–H and O–H groups in total. The summed E-state index contributed by atoms with van der Waals surface area (Å²) < 4.78 is 6.00. The van der Waals surface area contributed by atoms with Gasteiger partial charge in [-0.15, -0.1) is 17.0 Å². The highest BCUT2D eigenvalue weighted by Crippen LogP contribution is 2.13. The molecule has 2 fully saturated rings. The zero-order chi connectivity index (χ0) is 26.7. The van der Waals surface area contributed by atoms with Gasteiger partial charge in [-0.05, 0) is 50.6 Å². The van der Waals surface area contributed by atoms with Crippen molar-refractivity contribution in [3.63, 3.8) is 0 Å². The minimum Gasteiger partial charge on any atom is -0.445 e. The number of amides is 1. The zero-order valence-corrected chi connectivity index (χ0v) is 26.0. The number of halogens is 1. The molecule has 3 atom stereocenters. The number of ether oxygens (including phenoxy) is 1. The summed E-state index contributed by atoms with van der Waals surface area (Å²) in [5.74, 6) is 6.96. The monoisotopic (exact) mass is 611 g/mol. The Morgan fingerprint density at radius 2 is 1.54 bits per heavy atom. The van der Waals surface area contributed by atoms with Gasteiger partial charge in [0.15, 0.2) is 0 Å². The van der Waals surface area contributed by atoms with E-state index < -0.39 is 0 Å². The first-order valence-electron chi connectivity index (χ1n) is 15.4. The number of hydrogen-bond donors (Lipinski definition) is 3. The van der Waals surface area contributed by atoms with Crippen LogP contribution >= 0.6 is 17.0 Å². The summed E-state index contributed by atoms with van der Waals surface area (Å²) in [5, 5.41) is 6.49. The summed E-state index contributed by atoms with van der Waals surface area (Å²) in [6, 6.07) is 9.78. The van der Waals surface area contributed by atoms with Gasteiger partial charge in [-0.25, -0.2) is 9.39 Å². The van der Waals surface area contributed by atoms with E-state index in [2.05, 4.69) is 20.4 Å². The maximum atomic E-state index is 11.8. The first kappa shape index (κ1) is 34.0. The summed E-state index contributed by atoms with van der Waals surface area (Å²) >= 11 is 0. The average Bonchev–Trinajstić information content (AvgIpc) is 2.94. The van der Waals surface area contributed by atoms with Crippen molar-refractivity contribution < 1.29 is 14.1 Å². The minimum absolute atomic E-state index is 0. The predicted molar refractivity (Wildman–Crippen MR) is 166 cm³/mol. The molecule has 0 aliphatic carbocycles. The van der Waals surface area contributed by atoms with Crippen LogP contribution in [0.2, 0.25) is 0 Å². The van der Waals surface area contributed by atoms with Crippen molar-refractivity contribution in [2.45, 2.75) is 77.2 Å². The normalized spacial score (nSPS) is 24.3. The SMILES string of the molecule is Br.N[N+]1(CCCCCCCCCCNC(=O)OCc2ccccc2)CCCCNCCN2CCCN(CC1)C2. The van der Waals surface area contributed by atoms with Gasteiger partial charge in [0, 0.05) is 32.7 Å². The van der Waals surface area contributed by atoms with E-state index in [1.54, 1.807) is 0 Å². The van der Waals surface area contributed by atoms with E-state index in [-0.39, 0.29) is 23.1 Å². The molecule has 2 aliphatic heterocycles. The van der Waals surface area contributed by atoms with Gasteiger partial charge < -0.3 is 15.4 Å². The second-order valence-corrected chi connectivity index (χ2v) is 11.4. The molecule has 9 heteroatoms. The van der Waals surface area contributed by atoms with Gasteiger partial charge in [-0.1, -0.05) is 62.4 Å². The Morgan fingerprint density at radius 3 is 2.31 bits per heavy atom. The van der Waals surface area contributed by atoms with Gasteiger partial charge in [0.2, 0.25) is 0 Å². The van der Waals surface area contributed by atoms with Crippen LogP contribution in [0.4, 0.5) is 4.79 Å². The van der Waals surface area contributed by atoms with Crippen LogP contribution in [0.5, 0.6) is 0 Å². The number of hydrogen-bond acceptors (Lipinski definition) is 6. The van der Waals surface area contributed by atoms with Crippen LogP contribution in [0.25, 0.3) is 0 Å². The van der Waals surface area contributed by atoms with Crippen LogP contribution < -0.4 is 16.5 Å². The van der Waals surface area contributed by atoms with E-state index in [0.29, 0.717) is 13.2 Å². The smallest absolute Gasteiger partial charge is 0.407 e. The summed E-state index contributed by atoms with van der Waals surface area (Å²) in [6.45, 7) is 12.4.